The van der Waals surface area contributed by atoms with E-state index in [0.717, 1.165) is 15.4 Å². The summed E-state index contributed by atoms with van der Waals surface area (Å²) in [4.78, 5) is 29.7. The number of amides is 2. The smallest absolute Gasteiger partial charge is 0.257 e. The third kappa shape index (κ3) is 4.62. The highest BCUT2D eigenvalue weighted by atomic mass is 35.5. The average molecular weight is 426 g/mol. The largest absolute Gasteiger partial charge is 0.351 e. The van der Waals surface area contributed by atoms with E-state index < -0.39 is 0 Å². The second-order valence-electron chi connectivity index (χ2n) is 5.30. The molecule has 0 aliphatic heterocycles. The van der Waals surface area contributed by atoms with Crippen molar-refractivity contribution in [1.82, 2.24) is 10.3 Å². The monoisotopic (exact) mass is 425 g/mol. The van der Waals surface area contributed by atoms with Gasteiger partial charge in [0.1, 0.15) is 0 Å². The molecule has 0 saturated carbocycles. The Hall–Kier alpha value is -1.93. The van der Waals surface area contributed by atoms with Crippen LogP contribution in [0.3, 0.4) is 0 Å². The number of rotatable bonds is 5. The van der Waals surface area contributed by atoms with Crippen LogP contribution in [0, 0.1) is 0 Å². The van der Waals surface area contributed by atoms with E-state index in [0.29, 0.717) is 27.3 Å². The van der Waals surface area contributed by atoms with E-state index >= 15 is 0 Å². The van der Waals surface area contributed by atoms with Gasteiger partial charge in [0.05, 0.1) is 27.2 Å². The Kier molecular flexibility index (Phi) is 5.93. The molecular weight excluding hydrogens is 413 g/mol. The lowest BCUT2D eigenvalue weighted by Crippen LogP contribution is -2.17. The molecule has 0 spiro atoms. The summed E-state index contributed by atoms with van der Waals surface area (Å²) in [7, 11) is 0. The van der Waals surface area contributed by atoms with Gasteiger partial charge in [0.25, 0.3) is 5.91 Å². The number of thiazole rings is 1. The van der Waals surface area contributed by atoms with E-state index in [4.69, 9.17) is 23.2 Å². The predicted molar refractivity (Wildman–Crippen MR) is 107 cm³/mol. The van der Waals surface area contributed by atoms with E-state index in [-0.39, 0.29) is 11.8 Å². The van der Waals surface area contributed by atoms with E-state index in [1.165, 1.54) is 24.3 Å². The van der Waals surface area contributed by atoms with Crippen molar-refractivity contribution < 1.29 is 9.59 Å². The zero-order valence-corrected chi connectivity index (χ0v) is 16.7. The zero-order chi connectivity index (χ0) is 18.7. The van der Waals surface area contributed by atoms with Gasteiger partial charge in [0.2, 0.25) is 5.91 Å². The molecule has 0 radical (unpaired) electrons. The van der Waals surface area contributed by atoms with Gasteiger partial charge in [-0.1, -0.05) is 23.2 Å². The first-order valence-corrected chi connectivity index (χ1v) is 9.93. The number of anilines is 1. The van der Waals surface area contributed by atoms with E-state index in [1.54, 1.807) is 23.5 Å². The van der Waals surface area contributed by atoms with Gasteiger partial charge in [0.15, 0.2) is 5.13 Å². The van der Waals surface area contributed by atoms with Gasteiger partial charge in [-0.15, -0.1) is 22.7 Å². The molecule has 1 aromatic carbocycles. The highest BCUT2D eigenvalue weighted by molar-refractivity contribution is 7.17. The number of carbonyl (C=O) groups is 2. The number of hydrogen-bond acceptors (Lipinski definition) is 5. The average Bonchev–Trinajstić information content (AvgIpc) is 3.24. The van der Waals surface area contributed by atoms with Crippen LogP contribution in [0.5, 0.6) is 0 Å². The Bertz CT molecular complexity index is 969. The number of nitrogens with one attached hydrogen (secondary N) is 2. The zero-order valence-electron chi connectivity index (χ0n) is 13.5. The molecule has 0 aliphatic rings. The summed E-state index contributed by atoms with van der Waals surface area (Å²) in [6.45, 7) is 1.98. The Balaban J connectivity index is 1.68. The SMILES string of the molecule is CC(=O)NCc1ccc(-c2csc(NC(=O)c3ccc(Cl)c(Cl)c3)n2)s1. The molecule has 134 valence electrons. The Morgan fingerprint density at radius 2 is 1.96 bits per heavy atom. The second kappa shape index (κ2) is 8.18. The van der Waals surface area contributed by atoms with Crippen molar-refractivity contribution in [2.45, 2.75) is 13.5 Å². The number of carbonyl (C=O) groups excluding carboxylic acids is 2. The van der Waals surface area contributed by atoms with Crippen molar-refractivity contribution in [2.24, 2.45) is 0 Å². The lowest BCUT2D eigenvalue weighted by molar-refractivity contribution is -0.119. The van der Waals surface area contributed by atoms with E-state index in [9.17, 15) is 9.59 Å². The molecule has 0 atom stereocenters. The molecule has 3 rings (SSSR count). The van der Waals surface area contributed by atoms with Crippen LogP contribution in [0.2, 0.25) is 10.0 Å². The molecule has 2 amide bonds. The molecule has 9 heteroatoms. The molecule has 0 unspecified atom stereocenters. The maximum atomic E-state index is 12.3. The standard InChI is InChI=1S/C17H13Cl2N3O2S2/c1-9(23)20-7-11-3-5-15(26-11)14-8-25-17(21-14)22-16(24)10-2-4-12(18)13(19)6-10/h2-6,8H,7H2,1H3,(H,20,23)(H,21,22,24). The summed E-state index contributed by atoms with van der Waals surface area (Å²) in [5.41, 5.74) is 1.18. The van der Waals surface area contributed by atoms with Gasteiger partial charge >= 0.3 is 0 Å². The Morgan fingerprint density at radius 3 is 2.69 bits per heavy atom. The molecule has 0 fully saturated rings. The fraction of sp³-hybridized carbons (Fsp3) is 0.118. The lowest BCUT2D eigenvalue weighted by Gasteiger charge is -2.03. The van der Waals surface area contributed by atoms with Gasteiger partial charge < -0.3 is 5.32 Å². The van der Waals surface area contributed by atoms with Crippen molar-refractivity contribution in [1.29, 1.82) is 0 Å². The first-order valence-electron chi connectivity index (χ1n) is 7.48. The topological polar surface area (TPSA) is 71.1 Å². The van der Waals surface area contributed by atoms with Crippen LogP contribution in [0.15, 0.2) is 35.7 Å². The van der Waals surface area contributed by atoms with Crippen molar-refractivity contribution in [3.05, 3.63) is 56.2 Å². The van der Waals surface area contributed by atoms with Gasteiger partial charge in [-0.3, -0.25) is 14.9 Å². The molecule has 0 aliphatic carbocycles. The molecule has 2 heterocycles. The lowest BCUT2D eigenvalue weighted by atomic mass is 10.2. The highest BCUT2D eigenvalue weighted by Crippen LogP contribution is 2.31. The minimum atomic E-state index is -0.304. The Morgan fingerprint density at radius 1 is 1.15 bits per heavy atom. The number of benzene rings is 1. The van der Waals surface area contributed by atoms with Gasteiger partial charge in [-0.05, 0) is 30.3 Å². The fourth-order valence-electron chi connectivity index (χ4n) is 2.07. The summed E-state index contributed by atoms with van der Waals surface area (Å²) in [5, 5.41) is 8.60. The van der Waals surface area contributed by atoms with Gasteiger partial charge in [0, 0.05) is 22.7 Å². The first-order chi connectivity index (χ1) is 12.4. The maximum absolute atomic E-state index is 12.3. The summed E-state index contributed by atoms with van der Waals surface area (Å²) >= 11 is 14.7. The van der Waals surface area contributed by atoms with Crippen molar-refractivity contribution in [3.63, 3.8) is 0 Å². The van der Waals surface area contributed by atoms with Crippen LogP contribution in [0.1, 0.15) is 22.2 Å². The molecule has 0 saturated heterocycles. The van der Waals surface area contributed by atoms with E-state index in [2.05, 4.69) is 15.6 Å². The number of nitrogens with zero attached hydrogens (tertiary/aromatic N) is 1. The van der Waals surface area contributed by atoms with Gasteiger partial charge in [-0.2, -0.15) is 0 Å². The molecule has 0 bridgehead atoms. The number of aromatic nitrogens is 1. The van der Waals surface area contributed by atoms with Crippen molar-refractivity contribution >= 4 is 62.8 Å². The molecule has 2 aromatic heterocycles. The number of hydrogen-bond donors (Lipinski definition) is 2. The predicted octanol–water partition coefficient (Wildman–Crippen LogP) is 5.07. The molecular formula is C17H13Cl2N3O2S2. The van der Waals surface area contributed by atoms with Gasteiger partial charge in [-0.25, -0.2) is 4.98 Å². The first kappa shape index (κ1) is 18.8. The fourth-order valence-corrected chi connectivity index (χ4v) is 4.06. The Labute approximate surface area is 168 Å². The van der Waals surface area contributed by atoms with Crippen molar-refractivity contribution in [3.8, 4) is 10.6 Å². The summed E-state index contributed by atoms with van der Waals surface area (Å²) < 4.78 is 0. The third-order valence-electron chi connectivity index (χ3n) is 3.33. The summed E-state index contributed by atoms with van der Waals surface area (Å²) in [6.07, 6.45) is 0. The van der Waals surface area contributed by atoms with Crippen molar-refractivity contribution in [2.75, 3.05) is 5.32 Å². The number of thiophene rings is 1. The molecule has 26 heavy (non-hydrogen) atoms. The second-order valence-corrected chi connectivity index (χ2v) is 8.14. The summed E-state index contributed by atoms with van der Waals surface area (Å²) in [5.74, 6) is -0.372. The third-order valence-corrected chi connectivity index (χ3v) is 5.94. The quantitative estimate of drug-likeness (QED) is 0.599. The molecule has 3 aromatic rings. The maximum Gasteiger partial charge on any atom is 0.257 e. The van der Waals surface area contributed by atoms with Crippen LogP contribution >= 0.6 is 45.9 Å². The molecule has 2 N–H and O–H groups in total. The van der Waals surface area contributed by atoms with Crippen LogP contribution in [-0.2, 0) is 11.3 Å². The molecule has 5 nitrogen and oxygen atoms in total. The minimum absolute atomic E-state index is 0.0686. The van der Waals surface area contributed by atoms with Crippen LogP contribution in [0.4, 0.5) is 5.13 Å². The van der Waals surface area contributed by atoms with E-state index in [1.807, 2.05) is 17.5 Å². The number of halogens is 2. The van der Waals surface area contributed by atoms with Crippen LogP contribution in [-0.4, -0.2) is 16.8 Å². The highest BCUT2D eigenvalue weighted by Gasteiger charge is 2.12. The summed E-state index contributed by atoms with van der Waals surface area (Å²) in [6, 6.07) is 8.59. The normalized spacial score (nSPS) is 10.6. The van der Waals surface area contributed by atoms with Crippen LogP contribution < -0.4 is 10.6 Å². The minimum Gasteiger partial charge on any atom is -0.351 e. The van der Waals surface area contributed by atoms with Crippen LogP contribution in [0.25, 0.3) is 10.6 Å².